The molecule has 1 aliphatic rings. The third kappa shape index (κ3) is 9.84. The van der Waals surface area contributed by atoms with Crippen molar-refractivity contribution in [3.8, 4) is 5.75 Å². The largest absolute Gasteiger partial charge is 0.462 e. The second kappa shape index (κ2) is 17.4. The molecule has 1 aliphatic heterocycles. The number of benzene rings is 5. The molecule has 0 aliphatic carbocycles. The molecule has 47 heavy (non-hydrogen) atoms. The Bertz CT molecular complexity index is 1590. The third-order valence-electron chi connectivity index (χ3n) is 7.91. The monoisotopic (exact) mass is 694 g/mol. The molecule has 0 radical (unpaired) electrons. The number of rotatable bonds is 15. The van der Waals surface area contributed by atoms with Crippen LogP contribution in [0.15, 0.2) is 150 Å². The van der Waals surface area contributed by atoms with Crippen LogP contribution in [0.3, 0.4) is 0 Å². The molecule has 3 unspecified atom stereocenters. The predicted molar refractivity (Wildman–Crippen MR) is 185 cm³/mol. The van der Waals surface area contributed by atoms with Crippen LogP contribution in [-0.2, 0) is 50.1 Å². The maximum Gasteiger partial charge on any atom is 0.229 e. The van der Waals surface area contributed by atoms with Crippen molar-refractivity contribution in [2.45, 2.75) is 57.1 Å². The van der Waals surface area contributed by atoms with Gasteiger partial charge in [-0.25, -0.2) is 0 Å². The summed E-state index contributed by atoms with van der Waals surface area (Å²) in [5, 5.41) is 0. The van der Waals surface area contributed by atoms with Crippen molar-refractivity contribution in [2.24, 2.45) is 0 Å². The molecule has 242 valence electrons. The van der Waals surface area contributed by atoms with E-state index < -0.39 is 30.7 Å². The first-order chi connectivity index (χ1) is 23.2. The quantitative estimate of drug-likeness (QED) is 0.110. The lowest BCUT2D eigenvalue weighted by Gasteiger charge is -2.45. The maximum absolute atomic E-state index is 6.78. The van der Waals surface area contributed by atoms with Crippen molar-refractivity contribution < 1.29 is 28.4 Å². The van der Waals surface area contributed by atoms with Gasteiger partial charge in [0.1, 0.15) is 30.2 Å². The van der Waals surface area contributed by atoms with Crippen LogP contribution < -0.4 is 4.74 Å². The van der Waals surface area contributed by atoms with Gasteiger partial charge in [0, 0.05) is 4.47 Å². The van der Waals surface area contributed by atoms with E-state index in [0.29, 0.717) is 32.2 Å². The number of halogens is 1. The van der Waals surface area contributed by atoms with Crippen LogP contribution in [0.25, 0.3) is 0 Å². The number of hydrogen-bond donors (Lipinski definition) is 0. The molecule has 5 atom stereocenters. The van der Waals surface area contributed by atoms with Crippen molar-refractivity contribution in [3.05, 3.63) is 172 Å². The summed E-state index contributed by atoms with van der Waals surface area (Å²) in [5.74, 6) is 0.654. The first kappa shape index (κ1) is 33.1. The molecule has 0 amide bonds. The first-order valence-electron chi connectivity index (χ1n) is 15.9. The van der Waals surface area contributed by atoms with E-state index in [9.17, 15) is 0 Å². The highest BCUT2D eigenvalue weighted by Crippen LogP contribution is 2.33. The Morgan fingerprint density at radius 3 is 1.38 bits per heavy atom. The Morgan fingerprint density at radius 2 is 0.894 bits per heavy atom. The van der Waals surface area contributed by atoms with E-state index in [1.807, 2.05) is 133 Å². The molecule has 6 rings (SSSR count). The molecule has 7 heteroatoms. The van der Waals surface area contributed by atoms with E-state index in [-0.39, 0.29) is 6.61 Å². The van der Waals surface area contributed by atoms with Crippen molar-refractivity contribution in [1.82, 2.24) is 0 Å². The Kier molecular flexibility index (Phi) is 12.2. The molecule has 0 N–H and O–H groups in total. The third-order valence-corrected chi connectivity index (χ3v) is 8.44. The molecule has 5 aromatic carbocycles. The number of hydrogen-bond acceptors (Lipinski definition) is 6. The lowest BCUT2D eigenvalue weighted by Crippen LogP contribution is -2.62. The second-order valence-electron chi connectivity index (χ2n) is 11.4. The maximum atomic E-state index is 6.78. The van der Waals surface area contributed by atoms with Gasteiger partial charge >= 0.3 is 0 Å². The van der Waals surface area contributed by atoms with Crippen LogP contribution in [0.2, 0.25) is 0 Å². The Morgan fingerprint density at radius 1 is 0.468 bits per heavy atom. The van der Waals surface area contributed by atoms with E-state index >= 15 is 0 Å². The summed E-state index contributed by atoms with van der Waals surface area (Å²) in [4.78, 5) is 0. The van der Waals surface area contributed by atoms with Crippen molar-refractivity contribution in [2.75, 3.05) is 6.61 Å². The Balaban J connectivity index is 1.31. The Hall–Kier alpha value is -3.82. The van der Waals surface area contributed by atoms with Crippen molar-refractivity contribution in [1.29, 1.82) is 0 Å². The highest BCUT2D eigenvalue weighted by Gasteiger charge is 2.49. The molecule has 5 aromatic rings. The average Bonchev–Trinajstić information content (AvgIpc) is 3.12. The van der Waals surface area contributed by atoms with E-state index in [0.717, 1.165) is 26.7 Å². The summed E-state index contributed by atoms with van der Waals surface area (Å²) in [6, 6.07) is 48.1. The van der Waals surface area contributed by atoms with E-state index in [1.165, 1.54) is 0 Å². The van der Waals surface area contributed by atoms with Crippen LogP contribution in [0.5, 0.6) is 5.75 Å². The fourth-order valence-corrected chi connectivity index (χ4v) is 5.75. The zero-order valence-electron chi connectivity index (χ0n) is 26.1. The van der Waals surface area contributed by atoms with Gasteiger partial charge in [-0.15, -0.1) is 0 Å². The summed E-state index contributed by atoms with van der Waals surface area (Å²) in [5.41, 5.74) is 4.21. The minimum atomic E-state index is -0.803. The van der Waals surface area contributed by atoms with Gasteiger partial charge in [0.15, 0.2) is 0 Å². The summed E-state index contributed by atoms with van der Waals surface area (Å²) >= 11 is 3.52. The zero-order valence-corrected chi connectivity index (χ0v) is 27.7. The van der Waals surface area contributed by atoms with Gasteiger partial charge in [0.25, 0.3) is 0 Å². The topological polar surface area (TPSA) is 55.4 Å². The molecule has 6 nitrogen and oxygen atoms in total. The normalized spacial score (nSPS) is 20.9. The molecule has 1 heterocycles. The van der Waals surface area contributed by atoms with E-state index in [1.54, 1.807) is 0 Å². The summed E-state index contributed by atoms with van der Waals surface area (Å²) in [6.07, 6.45) is -3.03. The standard InChI is InChI=1S/C40H39BrO6/c41-34-21-23-35(24-22-34)46-40-39(45-28-33-19-11-4-12-20-33)38(44-27-32-17-9-3-10-18-32)37(43-26-31-15-7-2-8-16-31)36(47-40)29-42-25-30-13-5-1-6-14-30/h1-24,36-40H,25-29H2/t36?,37-,38?,39?,40+/m0/s1. The molecule has 0 saturated carbocycles. The lowest BCUT2D eigenvalue weighted by atomic mass is 9.97. The van der Waals surface area contributed by atoms with Crippen LogP contribution in [0.1, 0.15) is 22.3 Å². The van der Waals surface area contributed by atoms with Gasteiger partial charge in [0.05, 0.1) is 33.0 Å². The second-order valence-corrected chi connectivity index (χ2v) is 12.3. The van der Waals surface area contributed by atoms with E-state index in [4.69, 9.17) is 28.4 Å². The van der Waals surface area contributed by atoms with Gasteiger partial charge in [-0.2, -0.15) is 0 Å². The van der Waals surface area contributed by atoms with E-state index in [2.05, 4.69) is 28.1 Å². The summed E-state index contributed by atoms with van der Waals surface area (Å²) < 4.78 is 40.7. The highest BCUT2D eigenvalue weighted by atomic mass is 79.9. The van der Waals surface area contributed by atoms with Crippen LogP contribution >= 0.6 is 15.9 Å². The summed E-state index contributed by atoms with van der Waals surface area (Å²) in [6.45, 7) is 1.79. The van der Waals surface area contributed by atoms with Gasteiger partial charge in [-0.3, -0.25) is 0 Å². The predicted octanol–water partition coefficient (Wildman–Crippen LogP) is 8.53. The van der Waals surface area contributed by atoms with Crippen LogP contribution in [0.4, 0.5) is 0 Å². The minimum Gasteiger partial charge on any atom is -0.462 e. The highest BCUT2D eigenvalue weighted by molar-refractivity contribution is 9.10. The van der Waals surface area contributed by atoms with Crippen LogP contribution in [0, 0.1) is 0 Å². The molecule has 0 aromatic heterocycles. The zero-order chi connectivity index (χ0) is 32.1. The lowest BCUT2D eigenvalue weighted by molar-refractivity contribution is -0.310. The van der Waals surface area contributed by atoms with Crippen LogP contribution in [-0.4, -0.2) is 37.3 Å². The van der Waals surface area contributed by atoms with Gasteiger partial charge in [-0.1, -0.05) is 137 Å². The molecule has 1 fully saturated rings. The van der Waals surface area contributed by atoms with Gasteiger partial charge < -0.3 is 28.4 Å². The molecule has 1 saturated heterocycles. The molecule has 0 bridgehead atoms. The molecular formula is C40H39BrO6. The van der Waals surface area contributed by atoms with Crippen molar-refractivity contribution >= 4 is 15.9 Å². The van der Waals surface area contributed by atoms with Crippen molar-refractivity contribution in [3.63, 3.8) is 0 Å². The fourth-order valence-electron chi connectivity index (χ4n) is 5.49. The Labute approximate surface area is 285 Å². The SMILES string of the molecule is Brc1ccc(O[C@@H]2OC(COCc3ccccc3)[C@H](OCc3ccccc3)C(OCc3ccccc3)C2OCc2ccccc2)cc1. The summed E-state index contributed by atoms with van der Waals surface area (Å²) in [7, 11) is 0. The molecular weight excluding hydrogens is 656 g/mol. The van der Waals surface area contributed by atoms with Gasteiger partial charge in [-0.05, 0) is 46.5 Å². The minimum absolute atomic E-state index is 0.269. The molecule has 0 spiro atoms. The fraction of sp³-hybridized carbons (Fsp3) is 0.250. The first-order valence-corrected chi connectivity index (χ1v) is 16.7. The van der Waals surface area contributed by atoms with Gasteiger partial charge in [0.2, 0.25) is 6.29 Å². The average molecular weight is 696 g/mol. The number of ether oxygens (including phenoxy) is 6. The smallest absolute Gasteiger partial charge is 0.229 e.